The van der Waals surface area contributed by atoms with Gasteiger partial charge in [0.05, 0.1) is 41.6 Å². The first-order valence-corrected chi connectivity index (χ1v) is 13.2. The SMILES string of the molecule is COc1ccc(S(=O)(=O)N(Cc2ccccc2)c2ccccc2C(=O)N/N=C\c2ccc(C(=O)O)cc2)cc1. The van der Waals surface area contributed by atoms with Crippen molar-refractivity contribution in [1.82, 2.24) is 5.43 Å². The number of hydrazone groups is 1. The largest absolute Gasteiger partial charge is 0.497 e. The second kappa shape index (κ2) is 12.1. The van der Waals surface area contributed by atoms with E-state index in [0.29, 0.717) is 11.3 Å². The maximum absolute atomic E-state index is 13.9. The summed E-state index contributed by atoms with van der Waals surface area (Å²) in [6, 6.07) is 27.4. The molecule has 0 spiro atoms. The van der Waals surface area contributed by atoms with E-state index in [0.717, 1.165) is 5.56 Å². The van der Waals surface area contributed by atoms with Crippen LogP contribution in [0.4, 0.5) is 5.69 Å². The van der Waals surface area contributed by atoms with E-state index in [1.807, 2.05) is 18.2 Å². The van der Waals surface area contributed by atoms with E-state index < -0.39 is 21.9 Å². The Morgan fingerprint density at radius 2 is 1.54 bits per heavy atom. The highest BCUT2D eigenvalue weighted by Crippen LogP contribution is 2.30. The number of benzene rings is 4. The van der Waals surface area contributed by atoms with Crippen LogP contribution >= 0.6 is 0 Å². The third kappa shape index (κ3) is 6.49. The first kappa shape index (κ1) is 27.1. The second-order valence-electron chi connectivity index (χ2n) is 8.32. The van der Waals surface area contributed by atoms with E-state index in [2.05, 4.69) is 10.5 Å². The van der Waals surface area contributed by atoms with Gasteiger partial charge in [-0.2, -0.15) is 5.10 Å². The predicted octanol–water partition coefficient (Wildman–Crippen LogP) is 4.55. The van der Waals surface area contributed by atoms with Crippen molar-refractivity contribution < 1.29 is 27.9 Å². The monoisotopic (exact) mass is 543 g/mol. The fourth-order valence-corrected chi connectivity index (χ4v) is 5.22. The highest BCUT2D eigenvalue weighted by molar-refractivity contribution is 7.92. The molecule has 198 valence electrons. The number of hydrogen-bond acceptors (Lipinski definition) is 6. The van der Waals surface area contributed by atoms with E-state index in [9.17, 15) is 18.0 Å². The highest BCUT2D eigenvalue weighted by atomic mass is 32.2. The van der Waals surface area contributed by atoms with Crippen molar-refractivity contribution in [2.75, 3.05) is 11.4 Å². The Morgan fingerprint density at radius 1 is 0.897 bits per heavy atom. The zero-order chi connectivity index (χ0) is 27.8. The molecule has 0 aliphatic carbocycles. The van der Waals surface area contributed by atoms with Gasteiger partial charge in [-0.25, -0.2) is 18.6 Å². The molecule has 0 saturated heterocycles. The molecule has 0 saturated carbocycles. The molecule has 0 heterocycles. The van der Waals surface area contributed by atoms with Crippen LogP contribution in [0.25, 0.3) is 0 Å². The Hall–Kier alpha value is -4.96. The van der Waals surface area contributed by atoms with Gasteiger partial charge in [-0.1, -0.05) is 54.6 Å². The predicted molar refractivity (Wildman–Crippen MR) is 148 cm³/mol. The standard InChI is InChI=1S/C29H25N3O6S/c1-38-24-15-17-25(18-16-24)39(36,37)32(20-22-7-3-2-4-8-22)27-10-6-5-9-26(27)28(33)31-30-19-21-11-13-23(14-12-21)29(34)35/h2-19H,20H2,1H3,(H,31,33)(H,34,35)/b30-19-. The lowest BCUT2D eigenvalue weighted by Gasteiger charge is -2.26. The molecule has 0 bridgehead atoms. The fourth-order valence-electron chi connectivity index (χ4n) is 3.74. The number of sulfonamides is 1. The summed E-state index contributed by atoms with van der Waals surface area (Å²) in [7, 11) is -2.60. The van der Waals surface area contributed by atoms with Crippen LogP contribution in [0.5, 0.6) is 5.75 Å². The van der Waals surface area contributed by atoms with Gasteiger partial charge in [0.25, 0.3) is 15.9 Å². The summed E-state index contributed by atoms with van der Waals surface area (Å²) in [5.74, 6) is -1.15. The lowest BCUT2D eigenvalue weighted by Crippen LogP contribution is -2.33. The molecule has 0 aliphatic heterocycles. The molecule has 4 aromatic carbocycles. The zero-order valence-corrected chi connectivity index (χ0v) is 21.7. The van der Waals surface area contributed by atoms with Crippen LogP contribution in [0.2, 0.25) is 0 Å². The Morgan fingerprint density at radius 3 is 2.18 bits per heavy atom. The Balaban J connectivity index is 1.66. The number of aromatic carboxylic acids is 1. The third-order valence-corrected chi connectivity index (χ3v) is 7.55. The van der Waals surface area contributed by atoms with Crippen molar-refractivity contribution >= 4 is 33.8 Å². The van der Waals surface area contributed by atoms with Crippen LogP contribution in [0.15, 0.2) is 113 Å². The fraction of sp³-hybridized carbons (Fsp3) is 0.0690. The summed E-state index contributed by atoms with van der Waals surface area (Å²) >= 11 is 0. The molecule has 4 rings (SSSR count). The number of ether oxygens (including phenoxy) is 1. The van der Waals surface area contributed by atoms with E-state index >= 15 is 0 Å². The van der Waals surface area contributed by atoms with Crippen LogP contribution in [-0.4, -0.2) is 38.7 Å². The van der Waals surface area contributed by atoms with Gasteiger partial charge < -0.3 is 9.84 Å². The molecular weight excluding hydrogens is 518 g/mol. The van der Waals surface area contributed by atoms with Gasteiger partial charge >= 0.3 is 5.97 Å². The van der Waals surface area contributed by atoms with Crippen LogP contribution in [0.1, 0.15) is 31.8 Å². The number of amides is 1. The quantitative estimate of drug-likeness (QED) is 0.223. The van der Waals surface area contributed by atoms with Crippen molar-refractivity contribution in [3.05, 3.63) is 125 Å². The van der Waals surface area contributed by atoms with Crippen molar-refractivity contribution in [3.8, 4) is 5.75 Å². The van der Waals surface area contributed by atoms with Gasteiger partial charge in [-0.05, 0) is 59.7 Å². The summed E-state index contributed by atoms with van der Waals surface area (Å²) in [4.78, 5) is 24.2. The maximum Gasteiger partial charge on any atom is 0.335 e. The number of carbonyl (C=O) groups excluding carboxylic acids is 1. The first-order valence-electron chi connectivity index (χ1n) is 11.8. The number of nitrogens with zero attached hydrogens (tertiary/aromatic N) is 2. The molecule has 0 radical (unpaired) electrons. The average Bonchev–Trinajstić information content (AvgIpc) is 2.96. The number of carboxylic acids is 1. The summed E-state index contributed by atoms with van der Waals surface area (Å²) in [5.41, 5.74) is 4.13. The van der Waals surface area contributed by atoms with Crippen LogP contribution < -0.4 is 14.5 Å². The van der Waals surface area contributed by atoms with Crippen molar-refractivity contribution in [2.45, 2.75) is 11.4 Å². The molecular formula is C29H25N3O6S. The highest BCUT2D eigenvalue weighted by Gasteiger charge is 2.28. The summed E-state index contributed by atoms with van der Waals surface area (Å²) in [5, 5.41) is 13.0. The van der Waals surface area contributed by atoms with Crippen LogP contribution in [0, 0.1) is 0 Å². The zero-order valence-electron chi connectivity index (χ0n) is 20.9. The Bertz CT molecular complexity index is 1590. The third-order valence-electron chi connectivity index (χ3n) is 5.77. The molecule has 39 heavy (non-hydrogen) atoms. The first-order chi connectivity index (χ1) is 18.8. The number of nitrogens with one attached hydrogen (secondary N) is 1. The van der Waals surface area contributed by atoms with Gasteiger partial charge in [-0.15, -0.1) is 0 Å². The van der Waals surface area contributed by atoms with Gasteiger partial charge in [-0.3, -0.25) is 9.10 Å². The van der Waals surface area contributed by atoms with Gasteiger partial charge in [0.1, 0.15) is 5.75 Å². The molecule has 0 fully saturated rings. The van der Waals surface area contributed by atoms with E-state index in [-0.39, 0.29) is 28.3 Å². The van der Waals surface area contributed by atoms with Crippen molar-refractivity contribution in [1.29, 1.82) is 0 Å². The normalized spacial score (nSPS) is 11.2. The van der Waals surface area contributed by atoms with E-state index in [4.69, 9.17) is 9.84 Å². The Kier molecular flexibility index (Phi) is 8.37. The molecule has 4 aromatic rings. The van der Waals surface area contributed by atoms with Crippen LogP contribution in [-0.2, 0) is 16.6 Å². The molecule has 2 N–H and O–H groups in total. The number of hydrogen-bond donors (Lipinski definition) is 2. The Labute approximate surface area is 226 Å². The van der Waals surface area contributed by atoms with E-state index in [1.54, 1.807) is 54.6 Å². The van der Waals surface area contributed by atoms with Crippen LogP contribution in [0.3, 0.4) is 0 Å². The molecule has 1 amide bonds. The number of carbonyl (C=O) groups is 2. The lowest BCUT2D eigenvalue weighted by atomic mass is 10.1. The van der Waals surface area contributed by atoms with Crippen molar-refractivity contribution in [2.24, 2.45) is 5.10 Å². The summed E-state index contributed by atoms with van der Waals surface area (Å²) < 4.78 is 34.1. The average molecular weight is 544 g/mol. The number of anilines is 1. The minimum Gasteiger partial charge on any atom is -0.497 e. The molecule has 0 atom stereocenters. The number of para-hydroxylation sites is 1. The van der Waals surface area contributed by atoms with Gasteiger partial charge in [0.15, 0.2) is 0 Å². The molecule has 0 aliphatic rings. The molecule has 10 heteroatoms. The number of rotatable bonds is 10. The smallest absolute Gasteiger partial charge is 0.335 e. The molecule has 0 aromatic heterocycles. The minimum absolute atomic E-state index is 0.0152. The minimum atomic E-state index is -4.10. The number of carboxylic acid groups (broad SMARTS) is 1. The van der Waals surface area contributed by atoms with Gasteiger partial charge in [0, 0.05) is 0 Å². The van der Waals surface area contributed by atoms with E-state index in [1.165, 1.54) is 48.0 Å². The topological polar surface area (TPSA) is 125 Å². The molecule has 9 nitrogen and oxygen atoms in total. The summed E-state index contributed by atoms with van der Waals surface area (Å²) in [6.07, 6.45) is 1.36. The van der Waals surface area contributed by atoms with Gasteiger partial charge in [0.2, 0.25) is 0 Å². The lowest BCUT2D eigenvalue weighted by molar-refractivity contribution is 0.0696. The second-order valence-corrected chi connectivity index (χ2v) is 10.2. The maximum atomic E-state index is 13.9. The van der Waals surface area contributed by atoms with Crippen molar-refractivity contribution in [3.63, 3.8) is 0 Å². The number of methoxy groups -OCH3 is 1. The summed E-state index contributed by atoms with van der Waals surface area (Å²) in [6.45, 7) is -0.0152. The molecule has 0 unspecified atom stereocenters.